The molecule has 160 valence electrons. The van der Waals surface area contributed by atoms with Crippen molar-refractivity contribution in [2.75, 3.05) is 12.9 Å². The van der Waals surface area contributed by atoms with Crippen molar-refractivity contribution in [2.24, 2.45) is 0 Å². The van der Waals surface area contributed by atoms with Gasteiger partial charge in [0, 0.05) is 36.9 Å². The van der Waals surface area contributed by atoms with Crippen molar-refractivity contribution < 1.29 is 18.7 Å². The molecule has 2 aromatic rings. The number of amides is 2. The molecule has 9 heteroatoms. The molecule has 2 aliphatic heterocycles. The third kappa shape index (κ3) is 4.61. The van der Waals surface area contributed by atoms with Gasteiger partial charge >= 0.3 is 0 Å². The Morgan fingerprint density at radius 2 is 2.33 bits per heavy atom. The van der Waals surface area contributed by atoms with Crippen LogP contribution >= 0.6 is 11.8 Å². The van der Waals surface area contributed by atoms with Crippen LogP contribution in [0.4, 0.5) is 4.39 Å². The Morgan fingerprint density at radius 1 is 1.47 bits per heavy atom. The summed E-state index contributed by atoms with van der Waals surface area (Å²) < 4.78 is 20.9. The van der Waals surface area contributed by atoms with E-state index in [1.54, 1.807) is 23.9 Å². The summed E-state index contributed by atoms with van der Waals surface area (Å²) >= 11 is 1.72. The van der Waals surface area contributed by atoms with Crippen LogP contribution in [0, 0.1) is 5.82 Å². The van der Waals surface area contributed by atoms with Gasteiger partial charge in [-0.05, 0) is 37.0 Å². The number of methoxy groups -OCH3 is 1. The summed E-state index contributed by atoms with van der Waals surface area (Å²) in [5.41, 5.74) is 1.21. The molecular formula is C21H25FN4O3S. The van der Waals surface area contributed by atoms with E-state index in [4.69, 9.17) is 4.74 Å². The van der Waals surface area contributed by atoms with Crippen LogP contribution in [0.25, 0.3) is 0 Å². The summed E-state index contributed by atoms with van der Waals surface area (Å²) in [5.74, 6) is 0.703. The molecule has 1 fully saturated rings. The van der Waals surface area contributed by atoms with Crippen LogP contribution in [0.1, 0.15) is 36.9 Å². The third-order valence-corrected chi connectivity index (χ3v) is 6.61. The van der Waals surface area contributed by atoms with Crippen LogP contribution < -0.4 is 15.4 Å². The Labute approximate surface area is 178 Å². The highest BCUT2D eigenvalue weighted by Gasteiger charge is 2.38. The summed E-state index contributed by atoms with van der Waals surface area (Å²) in [7, 11) is 1.42. The molecule has 2 N–H and O–H groups in total. The maximum Gasteiger partial charge on any atom is 0.220 e. The lowest BCUT2D eigenvalue weighted by atomic mass is 9.85. The van der Waals surface area contributed by atoms with Gasteiger partial charge in [-0.3, -0.25) is 9.59 Å². The average molecular weight is 433 g/mol. The predicted octanol–water partition coefficient (Wildman–Crippen LogP) is 2.42. The first-order chi connectivity index (χ1) is 14.5. The van der Waals surface area contributed by atoms with E-state index in [1.165, 1.54) is 13.2 Å². The number of hydrogen-bond acceptors (Lipinski definition) is 5. The number of rotatable bonds is 8. The molecule has 30 heavy (non-hydrogen) atoms. The number of carbonyl (C=O) groups excluding carboxylic acids is 2. The number of ether oxygens (including phenoxy) is 1. The molecule has 1 aromatic heterocycles. The van der Waals surface area contributed by atoms with Crippen molar-refractivity contribution in [1.29, 1.82) is 0 Å². The molecule has 0 unspecified atom stereocenters. The average Bonchev–Trinajstić information content (AvgIpc) is 3.42. The van der Waals surface area contributed by atoms with Crippen molar-refractivity contribution in [3.63, 3.8) is 0 Å². The Kier molecular flexibility index (Phi) is 5.99. The lowest BCUT2D eigenvalue weighted by Crippen LogP contribution is -2.44. The maximum atomic E-state index is 13.7. The second-order valence-corrected chi connectivity index (χ2v) is 8.87. The normalized spacial score (nSPS) is 20.1. The quantitative estimate of drug-likeness (QED) is 0.669. The van der Waals surface area contributed by atoms with Gasteiger partial charge in [0.25, 0.3) is 0 Å². The first kappa shape index (κ1) is 20.7. The fraction of sp³-hybridized carbons (Fsp3) is 0.476. The van der Waals surface area contributed by atoms with Crippen LogP contribution in [0.15, 0.2) is 29.6 Å². The lowest BCUT2D eigenvalue weighted by Gasteiger charge is -2.29. The minimum Gasteiger partial charge on any atom is -0.494 e. The minimum atomic E-state index is -0.510. The molecule has 3 heterocycles. The molecule has 2 amide bonds. The smallest absolute Gasteiger partial charge is 0.220 e. The number of halogens is 1. The SMILES string of the molecule is COc1cc(C[C@@]2(CCC(=O)NCc3cn4c(n3)SCC4)CCC(=O)N2)ccc1F. The number of benzene rings is 1. The molecule has 4 rings (SSSR count). The zero-order valence-electron chi connectivity index (χ0n) is 16.9. The van der Waals surface area contributed by atoms with E-state index in [0.717, 1.165) is 28.7 Å². The van der Waals surface area contributed by atoms with Gasteiger partial charge in [-0.2, -0.15) is 0 Å². The number of nitrogens with zero attached hydrogens (tertiary/aromatic N) is 2. The topological polar surface area (TPSA) is 85.2 Å². The Hall–Kier alpha value is -2.55. The second-order valence-electron chi connectivity index (χ2n) is 7.81. The van der Waals surface area contributed by atoms with Gasteiger partial charge in [0.1, 0.15) is 0 Å². The number of fused-ring (bicyclic) bond motifs is 1. The van der Waals surface area contributed by atoms with Gasteiger partial charge in [0.2, 0.25) is 11.8 Å². The highest BCUT2D eigenvalue weighted by atomic mass is 32.2. The first-order valence-electron chi connectivity index (χ1n) is 10.1. The monoisotopic (exact) mass is 432 g/mol. The molecule has 0 spiro atoms. The fourth-order valence-electron chi connectivity index (χ4n) is 4.06. The number of carbonyl (C=O) groups is 2. The lowest BCUT2D eigenvalue weighted by molar-refractivity contribution is -0.122. The molecule has 1 aromatic carbocycles. The van der Waals surface area contributed by atoms with E-state index in [-0.39, 0.29) is 17.6 Å². The van der Waals surface area contributed by atoms with Crippen LogP contribution in [-0.4, -0.2) is 39.8 Å². The number of hydrogen-bond donors (Lipinski definition) is 2. The fourth-order valence-corrected chi connectivity index (χ4v) is 5.03. The highest BCUT2D eigenvalue weighted by Crippen LogP contribution is 2.31. The summed E-state index contributed by atoms with van der Waals surface area (Å²) in [6.45, 7) is 1.35. The molecule has 1 atom stereocenters. The summed E-state index contributed by atoms with van der Waals surface area (Å²) in [5, 5.41) is 6.98. The van der Waals surface area contributed by atoms with Crippen LogP contribution in [0.5, 0.6) is 5.75 Å². The first-order valence-corrected chi connectivity index (χ1v) is 11.0. The van der Waals surface area contributed by atoms with Crippen LogP contribution in [0.3, 0.4) is 0 Å². The van der Waals surface area contributed by atoms with Crippen molar-refractivity contribution in [2.45, 2.75) is 55.9 Å². The van der Waals surface area contributed by atoms with E-state index >= 15 is 0 Å². The zero-order valence-corrected chi connectivity index (χ0v) is 17.7. The minimum absolute atomic E-state index is 0.0190. The third-order valence-electron chi connectivity index (χ3n) is 5.64. The van der Waals surface area contributed by atoms with Crippen LogP contribution in [-0.2, 0) is 29.1 Å². The van der Waals surface area contributed by atoms with Crippen molar-refractivity contribution in [1.82, 2.24) is 20.2 Å². The van der Waals surface area contributed by atoms with E-state index in [2.05, 4.69) is 20.2 Å². The molecule has 0 saturated carbocycles. The van der Waals surface area contributed by atoms with E-state index in [1.807, 2.05) is 6.20 Å². The van der Waals surface area contributed by atoms with E-state index in [0.29, 0.717) is 38.6 Å². The molecule has 2 aliphatic rings. The summed E-state index contributed by atoms with van der Waals surface area (Å²) in [6.07, 6.45) is 4.38. The standard InChI is InChI=1S/C21H25FN4O3S/c1-29-17-10-14(2-3-16(17)22)11-21(7-5-19(28)25-21)6-4-18(27)23-12-15-13-26-8-9-30-20(26)24-15/h2-3,10,13H,4-9,11-12H2,1H3,(H,23,27)(H,25,28)/t21-/m1/s1. The number of aromatic nitrogens is 2. The molecule has 0 bridgehead atoms. The van der Waals surface area contributed by atoms with Gasteiger partial charge in [0.15, 0.2) is 16.7 Å². The maximum absolute atomic E-state index is 13.7. The van der Waals surface area contributed by atoms with Gasteiger partial charge < -0.3 is 19.9 Å². The van der Waals surface area contributed by atoms with Gasteiger partial charge in [-0.15, -0.1) is 0 Å². The van der Waals surface area contributed by atoms with Crippen molar-refractivity contribution in [3.05, 3.63) is 41.5 Å². The van der Waals surface area contributed by atoms with Gasteiger partial charge in [-0.25, -0.2) is 9.37 Å². The van der Waals surface area contributed by atoms with Gasteiger partial charge in [-0.1, -0.05) is 17.8 Å². The van der Waals surface area contributed by atoms with Crippen molar-refractivity contribution in [3.8, 4) is 5.75 Å². The molecule has 7 nitrogen and oxygen atoms in total. The van der Waals surface area contributed by atoms with E-state index in [9.17, 15) is 14.0 Å². The number of aryl methyl sites for hydroxylation is 1. The summed E-state index contributed by atoms with van der Waals surface area (Å²) in [4.78, 5) is 28.9. The zero-order chi connectivity index (χ0) is 21.1. The number of imidazole rings is 1. The van der Waals surface area contributed by atoms with E-state index < -0.39 is 11.4 Å². The summed E-state index contributed by atoms with van der Waals surface area (Å²) in [6, 6.07) is 4.71. The van der Waals surface area contributed by atoms with Crippen LogP contribution in [0.2, 0.25) is 0 Å². The predicted molar refractivity (Wildman–Crippen MR) is 111 cm³/mol. The Morgan fingerprint density at radius 3 is 3.07 bits per heavy atom. The van der Waals surface area contributed by atoms with Gasteiger partial charge in [0.05, 0.1) is 19.3 Å². The largest absolute Gasteiger partial charge is 0.494 e. The highest BCUT2D eigenvalue weighted by molar-refractivity contribution is 7.99. The Balaban J connectivity index is 1.35. The molecule has 0 aliphatic carbocycles. The Bertz CT molecular complexity index is 942. The molecule has 1 saturated heterocycles. The number of nitrogens with one attached hydrogen (secondary N) is 2. The number of thioether (sulfide) groups is 1. The molecule has 0 radical (unpaired) electrons. The molecular weight excluding hydrogens is 407 g/mol. The second kappa shape index (κ2) is 8.67. The van der Waals surface area contributed by atoms with Crippen molar-refractivity contribution >= 4 is 23.6 Å².